The van der Waals surface area contributed by atoms with Gasteiger partial charge < -0.3 is 10.1 Å². The number of amides is 1. The van der Waals surface area contributed by atoms with Gasteiger partial charge in [-0.25, -0.2) is 14.8 Å². The molecule has 2 aromatic heterocycles. The van der Waals surface area contributed by atoms with Crippen molar-refractivity contribution in [1.82, 2.24) is 25.5 Å². The summed E-state index contributed by atoms with van der Waals surface area (Å²) >= 11 is 6.07. The van der Waals surface area contributed by atoms with E-state index in [9.17, 15) is 4.79 Å². The van der Waals surface area contributed by atoms with E-state index in [2.05, 4.69) is 61.6 Å². The van der Waals surface area contributed by atoms with Crippen molar-refractivity contribution in [2.24, 2.45) is 0 Å². The Kier molecular flexibility index (Phi) is 4.98. The molecule has 8 heteroatoms. The van der Waals surface area contributed by atoms with Gasteiger partial charge in [-0.3, -0.25) is 5.10 Å². The molecule has 0 aliphatic heterocycles. The molecular formula is C23H16ClN5O2. The molecule has 31 heavy (non-hydrogen) atoms. The molecule has 0 spiro atoms. The van der Waals surface area contributed by atoms with E-state index in [-0.39, 0.29) is 24.2 Å². The molecule has 2 aromatic carbocycles. The summed E-state index contributed by atoms with van der Waals surface area (Å²) in [6.45, 7) is 0.369. The minimum absolute atomic E-state index is 0.0164. The first-order chi connectivity index (χ1) is 15.2. The van der Waals surface area contributed by atoms with Gasteiger partial charge in [0.25, 0.3) is 0 Å². The van der Waals surface area contributed by atoms with Gasteiger partial charge in [0.1, 0.15) is 23.8 Å². The van der Waals surface area contributed by atoms with Crippen LogP contribution >= 0.6 is 11.6 Å². The maximum absolute atomic E-state index is 12.2. The summed E-state index contributed by atoms with van der Waals surface area (Å²) in [5.74, 6) is 5.75. The Balaban J connectivity index is 1.21. The van der Waals surface area contributed by atoms with Crippen molar-refractivity contribution >= 4 is 28.7 Å². The molecule has 0 saturated heterocycles. The monoisotopic (exact) mass is 429 g/mol. The maximum atomic E-state index is 12.2. The van der Waals surface area contributed by atoms with Gasteiger partial charge >= 0.3 is 6.09 Å². The first-order valence-corrected chi connectivity index (χ1v) is 10.0. The topological polar surface area (TPSA) is 92.8 Å². The number of carbonyl (C=O) groups excluding carboxylic acids is 1. The third-order valence-electron chi connectivity index (χ3n) is 5.18. The zero-order valence-electron chi connectivity index (χ0n) is 16.2. The fourth-order valence-corrected chi connectivity index (χ4v) is 4.03. The molecule has 7 nitrogen and oxygen atoms in total. The number of ether oxygens (including phenoxy) is 1. The SMILES string of the molecule is O=C(NCC#Cc1[nH]nc2ncnc(Cl)c12)OCC1c2ccccc2-c2ccccc21. The maximum Gasteiger partial charge on any atom is 0.407 e. The van der Waals surface area contributed by atoms with E-state index in [4.69, 9.17) is 16.3 Å². The molecule has 0 fully saturated rings. The van der Waals surface area contributed by atoms with Crippen molar-refractivity contribution in [2.45, 2.75) is 5.92 Å². The number of hydrogen-bond acceptors (Lipinski definition) is 5. The van der Waals surface area contributed by atoms with Gasteiger partial charge in [-0.05, 0) is 28.2 Å². The second kappa shape index (κ2) is 8.09. The molecule has 2 heterocycles. The number of benzene rings is 2. The van der Waals surface area contributed by atoms with Crippen LogP contribution in [0.3, 0.4) is 0 Å². The number of nitrogens with zero attached hydrogens (tertiary/aromatic N) is 3. The van der Waals surface area contributed by atoms with Crippen LogP contribution < -0.4 is 5.32 Å². The summed E-state index contributed by atoms with van der Waals surface area (Å²) in [6.07, 6.45) is 0.813. The van der Waals surface area contributed by atoms with E-state index in [1.807, 2.05) is 24.3 Å². The van der Waals surface area contributed by atoms with Crippen LogP contribution in [0, 0.1) is 11.8 Å². The Morgan fingerprint density at radius 3 is 2.55 bits per heavy atom. The van der Waals surface area contributed by atoms with E-state index in [1.54, 1.807) is 0 Å². The van der Waals surface area contributed by atoms with Gasteiger partial charge in [0.15, 0.2) is 5.65 Å². The van der Waals surface area contributed by atoms with Crippen molar-refractivity contribution < 1.29 is 9.53 Å². The Morgan fingerprint density at radius 1 is 1.10 bits per heavy atom. The van der Waals surface area contributed by atoms with Gasteiger partial charge in [-0.15, -0.1) is 0 Å². The van der Waals surface area contributed by atoms with Gasteiger partial charge in [0.2, 0.25) is 0 Å². The van der Waals surface area contributed by atoms with Crippen LogP contribution in [0.4, 0.5) is 4.79 Å². The Hall–Kier alpha value is -3.89. The lowest BCUT2D eigenvalue weighted by atomic mass is 9.98. The predicted molar refractivity (Wildman–Crippen MR) is 117 cm³/mol. The molecular weight excluding hydrogens is 414 g/mol. The van der Waals surface area contributed by atoms with Crippen LogP contribution in [-0.4, -0.2) is 39.4 Å². The molecule has 152 valence electrons. The Bertz CT molecular complexity index is 1310. The zero-order chi connectivity index (χ0) is 21.2. The molecule has 1 aliphatic carbocycles. The Labute approximate surface area is 182 Å². The third-order valence-corrected chi connectivity index (χ3v) is 5.47. The molecule has 4 aromatic rings. The summed E-state index contributed by atoms with van der Waals surface area (Å²) in [5, 5.41) is 10.3. The highest BCUT2D eigenvalue weighted by Crippen LogP contribution is 2.44. The number of halogens is 1. The second-order valence-electron chi connectivity index (χ2n) is 6.94. The molecule has 0 saturated carbocycles. The molecule has 0 radical (unpaired) electrons. The van der Waals surface area contributed by atoms with Crippen molar-refractivity contribution in [2.75, 3.05) is 13.2 Å². The fraction of sp³-hybridized carbons (Fsp3) is 0.130. The van der Waals surface area contributed by atoms with Gasteiger partial charge in [-0.2, -0.15) is 5.10 Å². The molecule has 0 unspecified atom stereocenters. The summed E-state index contributed by atoms with van der Waals surface area (Å²) in [6, 6.07) is 16.4. The highest BCUT2D eigenvalue weighted by Gasteiger charge is 2.28. The number of nitrogens with one attached hydrogen (secondary N) is 2. The highest BCUT2D eigenvalue weighted by molar-refractivity contribution is 6.34. The smallest absolute Gasteiger partial charge is 0.407 e. The van der Waals surface area contributed by atoms with Crippen LogP contribution in [0.1, 0.15) is 22.7 Å². The van der Waals surface area contributed by atoms with Crippen molar-refractivity contribution in [3.05, 3.63) is 76.8 Å². The van der Waals surface area contributed by atoms with Crippen molar-refractivity contribution in [1.29, 1.82) is 0 Å². The first-order valence-electron chi connectivity index (χ1n) is 9.64. The average molecular weight is 430 g/mol. The van der Waals surface area contributed by atoms with Crippen molar-refractivity contribution in [3.8, 4) is 23.0 Å². The van der Waals surface area contributed by atoms with Gasteiger partial charge in [0.05, 0.1) is 11.9 Å². The molecule has 0 atom stereocenters. The standard InChI is InChI=1S/C23H16ClN5O2/c24-21-20-19(28-29-22(20)27-13-26-21)10-5-11-25-23(30)31-12-18-16-8-3-1-6-14(16)15-7-2-4-9-17(15)18/h1-4,6-9,13,18H,11-12H2,(H,25,30)(H,26,27,28,29). The number of aromatic nitrogens is 4. The summed E-state index contributed by atoms with van der Waals surface area (Å²) in [4.78, 5) is 20.1. The number of carbonyl (C=O) groups is 1. The van der Waals surface area contributed by atoms with E-state index in [0.717, 1.165) is 0 Å². The summed E-state index contributed by atoms with van der Waals surface area (Å²) in [5.41, 5.74) is 5.64. The van der Waals surface area contributed by atoms with E-state index in [0.29, 0.717) is 16.7 Å². The van der Waals surface area contributed by atoms with Gasteiger partial charge in [0, 0.05) is 5.92 Å². The fourth-order valence-electron chi connectivity index (χ4n) is 3.81. The van der Waals surface area contributed by atoms with E-state index < -0.39 is 6.09 Å². The number of H-pyrrole nitrogens is 1. The van der Waals surface area contributed by atoms with Crippen LogP contribution in [0.15, 0.2) is 54.9 Å². The van der Waals surface area contributed by atoms with Crippen LogP contribution in [0.2, 0.25) is 5.15 Å². The minimum atomic E-state index is -0.521. The highest BCUT2D eigenvalue weighted by atomic mass is 35.5. The number of rotatable bonds is 3. The lowest BCUT2D eigenvalue weighted by molar-refractivity contribution is 0.144. The molecule has 1 aliphatic rings. The zero-order valence-corrected chi connectivity index (χ0v) is 17.0. The molecule has 1 amide bonds. The molecule has 2 N–H and O–H groups in total. The van der Waals surface area contributed by atoms with Crippen LogP contribution in [0.25, 0.3) is 22.2 Å². The summed E-state index contributed by atoms with van der Waals surface area (Å²) < 4.78 is 5.49. The number of aromatic amines is 1. The second-order valence-corrected chi connectivity index (χ2v) is 7.30. The van der Waals surface area contributed by atoms with E-state index >= 15 is 0 Å². The largest absolute Gasteiger partial charge is 0.449 e. The van der Waals surface area contributed by atoms with Gasteiger partial charge in [-0.1, -0.05) is 66.1 Å². The molecule has 5 rings (SSSR count). The molecule has 0 bridgehead atoms. The van der Waals surface area contributed by atoms with E-state index in [1.165, 1.54) is 28.6 Å². The minimum Gasteiger partial charge on any atom is -0.449 e. The third kappa shape index (κ3) is 3.58. The van der Waals surface area contributed by atoms with Crippen molar-refractivity contribution in [3.63, 3.8) is 0 Å². The lowest BCUT2D eigenvalue weighted by Gasteiger charge is -2.14. The quantitative estimate of drug-likeness (QED) is 0.380. The lowest BCUT2D eigenvalue weighted by Crippen LogP contribution is -2.26. The summed E-state index contributed by atoms with van der Waals surface area (Å²) in [7, 11) is 0. The number of alkyl carbamates (subject to hydrolysis) is 1. The average Bonchev–Trinajstić information content (AvgIpc) is 3.35. The van der Waals surface area contributed by atoms with Crippen LogP contribution in [-0.2, 0) is 4.74 Å². The Morgan fingerprint density at radius 2 is 1.81 bits per heavy atom. The first kappa shape index (κ1) is 19.1. The van der Waals surface area contributed by atoms with Crippen LogP contribution in [0.5, 0.6) is 0 Å². The number of hydrogen-bond donors (Lipinski definition) is 2. The predicted octanol–water partition coefficient (Wildman–Crippen LogP) is 3.90. The normalized spacial score (nSPS) is 12.0. The number of fused-ring (bicyclic) bond motifs is 4.